The molecule has 0 aliphatic carbocycles. The molecule has 0 spiro atoms. The Balaban J connectivity index is 2.91. The molecule has 1 aromatic rings. The number of hydrogen-bond donors (Lipinski definition) is 1. The van der Waals surface area contributed by atoms with E-state index < -0.39 is 7.14 Å². The maximum absolute atomic E-state index is 11.5. The van der Waals surface area contributed by atoms with Crippen LogP contribution in [0.15, 0.2) is 6.20 Å². The number of nitrogens with two attached hydrogens (primary N) is 1. The van der Waals surface area contributed by atoms with E-state index in [1.54, 1.807) is 31.3 Å². The molecule has 0 saturated carbocycles. The summed E-state index contributed by atoms with van der Waals surface area (Å²) in [6.07, 6.45) is 2.21. The fourth-order valence-corrected chi connectivity index (χ4v) is 2.09. The lowest BCUT2D eigenvalue weighted by molar-refractivity contribution is 0.582. The van der Waals surface area contributed by atoms with Gasteiger partial charge < -0.3 is 10.3 Å². The molecule has 1 rings (SSSR count). The summed E-state index contributed by atoms with van der Waals surface area (Å²) in [6, 6.07) is 0. The van der Waals surface area contributed by atoms with Crippen molar-refractivity contribution in [1.82, 2.24) is 9.78 Å². The molecular formula is C7H14N3OP. The van der Waals surface area contributed by atoms with Gasteiger partial charge in [0.05, 0.1) is 13.3 Å². The molecule has 68 valence electrons. The SMILES string of the molecule is Cn1ncc(CP(C)(C)=O)c1N. The molecule has 0 aromatic carbocycles. The molecule has 0 aliphatic heterocycles. The van der Waals surface area contributed by atoms with E-state index in [2.05, 4.69) is 5.10 Å². The first kappa shape index (κ1) is 9.33. The second-order valence-corrected chi connectivity index (χ2v) is 6.87. The predicted octanol–water partition coefficient (Wildman–Crippen LogP) is 1.12. The molecule has 1 aromatic heterocycles. The maximum Gasteiger partial charge on any atom is 0.125 e. The average molecular weight is 187 g/mol. The number of nitrogen functional groups attached to an aromatic ring is 1. The fourth-order valence-electron chi connectivity index (χ4n) is 1.02. The predicted molar refractivity (Wildman–Crippen MR) is 50.8 cm³/mol. The Kier molecular flexibility index (Phi) is 2.29. The van der Waals surface area contributed by atoms with Crippen LogP contribution in [0.5, 0.6) is 0 Å². The molecule has 1 heterocycles. The minimum atomic E-state index is -2.03. The van der Waals surface area contributed by atoms with Gasteiger partial charge in [0.25, 0.3) is 0 Å². The van der Waals surface area contributed by atoms with Crippen LogP contribution in [-0.4, -0.2) is 23.1 Å². The Labute approximate surface area is 72.1 Å². The second kappa shape index (κ2) is 2.94. The number of aromatic nitrogens is 2. The molecular weight excluding hydrogens is 173 g/mol. The standard InChI is InChI=1S/C7H14N3OP/c1-10-7(8)6(4-9-10)5-12(2,3)11/h4H,5,8H2,1-3H3. The molecule has 4 nitrogen and oxygen atoms in total. The minimum Gasteiger partial charge on any atom is -0.384 e. The molecule has 0 fully saturated rings. The minimum absolute atomic E-state index is 0.534. The van der Waals surface area contributed by atoms with Crippen molar-refractivity contribution in [3.63, 3.8) is 0 Å². The van der Waals surface area contributed by atoms with Crippen molar-refractivity contribution in [1.29, 1.82) is 0 Å². The van der Waals surface area contributed by atoms with E-state index in [1.807, 2.05) is 0 Å². The first-order valence-corrected chi connectivity index (χ1v) is 6.49. The van der Waals surface area contributed by atoms with Crippen LogP contribution in [0.1, 0.15) is 5.56 Å². The summed E-state index contributed by atoms with van der Waals surface area (Å²) < 4.78 is 13.0. The number of nitrogens with zero attached hydrogens (tertiary/aromatic N) is 2. The van der Waals surface area contributed by atoms with Crippen molar-refractivity contribution in [2.45, 2.75) is 6.16 Å². The molecule has 2 N–H and O–H groups in total. The van der Waals surface area contributed by atoms with Crippen LogP contribution in [0.25, 0.3) is 0 Å². The zero-order valence-electron chi connectivity index (χ0n) is 7.61. The zero-order chi connectivity index (χ0) is 9.35. The summed E-state index contributed by atoms with van der Waals surface area (Å²) in [6.45, 7) is 3.50. The summed E-state index contributed by atoms with van der Waals surface area (Å²) in [5, 5.41) is 3.97. The molecule has 5 heteroatoms. The first-order chi connectivity index (χ1) is 5.40. The van der Waals surface area contributed by atoms with Crippen LogP contribution in [0.4, 0.5) is 5.82 Å². The highest BCUT2D eigenvalue weighted by atomic mass is 31.2. The Morgan fingerprint density at radius 3 is 2.58 bits per heavy atom. The van der Waals surface area contributed by atoms with E-state index in [-0.39, 0.29) is 0 Å². The third-order valence-electron chi connectivity index (χ3n) is 1.62. The quantitative estimate of drug-likeness (QED) is 0.706. The summed E-state index contributed by atoms with van der Waals surface area (Å²) in [4.78, 5) is 0. The second-order valence-electron chi connectivity index (χ2n) is 3.41. The highest BCUT2D eigenvalue weighted by Crippen LogP contribution is 2.41. The van der Waals surface area contributed by atoms with Crippen LogP contribution >= 0.6 is 7.14 Å². The molecule has 0 amide bonds. The topological polar surface area (TPSA) is 60.9 Å². The van der Waals surface area contributed by atoms with Crippen molar-refractivity contribution in [2.75, 3.05) is 19.1 Å². The zero-order valence-corrected chi connectivity index (χ0v) is 8.51. The highest BCUT2D eigenvalue weighted by Gasteiger charge is 2.13. The van der Waals surface area contributed by atoms with Gasteiger partial charge in [-0.3, -0.25) is 4.68 Å². The van der Waals surface area contributed by atoms with Crippen molar-refractivity contribution >= 4 is 13.0 Å². The van der Waals surface area contributed by atoms with Crippen molar-refractivity contribution in [2.24, 2.45) is 7.05 Å². The largest absolute Gasteiger partial charge is 0.384 e. The van der Waals surface area contributed by atoms with Crippen molar-refractivity contribution in [3.8, 4) is 0 Å². The van der Waals surface area contributed by atoms with Gasteiger partial charge in [0.1, 0.15) is 5.82 Å². The van der Waals surface area contributed by atoms with E-state index in [4.69, 9.17) is 5.73 Å². The molecule has 0 bridgehead atoms. The Bertz CT molecular complexity index is 325. The third kappa shape index (κ3) is 2.11. The van der Waals surface area contributed by atoms with Gasteiger partial charge >= 0.3 is 0 Å². The van der Waals surface area contributed by atoms with Gasteiger partial charge in [-0.05, 0) is 13.3 Å². The molecule has 0 saturated heterocycles. The first-order valence-electron chi connectivity index (χ1n) is 3.70. The van der Waals surface area contributed by atoms with Gasteiger partial charge in [-0.2, -0.15) is 5.10 Å². The number of aryl methyl sites for hydroxylation is 1. The van der Waals surface area contributed by atoms with Gasteiger partial charge in [-0.1, -0.05) is 0 Å². The van der Waals surface area contributed by atoms with E-state index in [9.17, 15) is 4.57 Å². The van der Waals surface area contributed by atoms with Crippen LogP contribution in [0.2, 0.25) is 0 Å². The molecule has 0 aliphatic rings. The van der Waals surface area contributed by atoms with Gasteiger partial charge in [0.2, 0.25) is 0 Å². The monoisotopic (exact) mass is 187 g/mol. The van der Waals surface area contributed by atoms with E-state index in [0.29, 0.717) is 12.0 Å². The highest BCUT2D eigenvalue weighted by molar-refractivity contribution is 7.61. The maximum atomic E-state index is 11.5. The van der Waals surface area contributed by atoms with Gasteiger partial charge in [0, 0.05) is 18.8 Å². The summed E-state index contributed by atoms with van der Waals surface area (Å²) in [7, 11) is -0.262. The van der Waals surface area contributed by atoms with Gasteiger partial charge in [-0.15, -0.1) is 0 Å². The smallest absolute Gasteiger partial charge is 0.125 e. The third-order valence-corrected chi connectivity index (χ3v) is 2.72. The lowest BCUT2D eigenvalue weighted by Gasteiger charge is -2.04. The number of hydrogen-bond acceptors (Lipinski definition) is 3. The van der Waals surface area contributed by atoms with Crippen LogP contribution < -0.4 is 5.73 Å². The molecule has 0 atom stereocenters. The van der Waals surface area contributed by atoms with Gasteiger partial charge in [0.15, 0.2) is 0 Å². The lowest BCUT2D eigenvalue weighted by atomic mass is 10.4. The van der Waals surface area contributed by atoms with E-state index in [1.165, 1.54) is 0 Å². The fraction of sp³-hybridized carbons (Fsp3) is 0.571. The van der Waals surface area contributed by atoms with Crippen molar-refractivity contribution in [3.05, 3.63) is 11.8 Å². The number of anilines is 1. The van der Waals surface area contributed by atoms with Gasteiger partial charge in [-0.25, -0.2) is 0 Å². The molecule has 0 unspecified atom stereocenters. The normalized spacial score (nSPS) is 11.9. The lowest BCUT2D eigenvalue weighted by Crippen LogP contribution is -1.99. The van der Waals surface area contributed by atoms with Crippen LogP contribution in [-0.2, 0) is 17.8 Å². The van der Waals surface area contributed by atoms with E-state index >= 15 is 0 Å². The Hall–Kier alpha value is -0.760. The van der Waals surface area contributed by atoms with Crippen LogP contribution in [0.3, 0.4) is 0 Å². The summed E-state index contributed by atoms with van der Waals surface area (Å²) in [5.41, 5.74) is 6.57. The Morgan fingerprint density at radius 1 is 1.67 bits per heavy atom. The summed E-state index contributed by atoms with van der Waals surface area (Å²) >= 11 is 0. The molecule has 0 radical (unpaired) electrons. The summed E-state index contributed by atoms with van der Waals surface area (Å²) in [5.74, 6) is 0.610. The van der Waals surface area contributed by atoms with Crippen molar-refractivity contribution < 1.29 is 4.57 Å². The average Bonchev–Trinajstić information content (AvgIpc) is 2.16. The number of rotatable bonds is 2. The van der Waals surface area contributed by atoms with E-state index in [0.717, 1.165) is 5.56 Å². The Morgan fingerprint density at radius 2 is 2.25 bits per heavy atom. The van der Waals surface area contributed by atoms with Crippen LogP contribution in [0, 0.1) is 0 Å². The molecule has 12 heavy (non-hydrogen) atoms.